The molecule has 0 aromatic heterocycles. The first-order valence-corrected chi connectivity index (χ1v) is 10.2. The monoisotopic (exact) mass is 447 g/mol. The lowest BCUT2D eigenvalue weighted by atomic mass is 10.3. The van der Waals surface area contributed by atoms with Gasteiger partial charge in [-0.3, -0.25) is 5.32 Å². The molecule has 0 aliphatic carbocycles. The van der Waals surface area contributed by atoms with Gasteiger partial charge < -0.3 is 13.6 Å². The van der Waals surface area contributed by atoms with Crippen molar-refractivity contribution < 1.29 is 22.1 Å². The van der Waals surface area contributed by atoms with Gasteiger partial charge in [0.15, 0.2) is 5.17 Å². The number of anilines is 1. The molecule has 12 heteroatoms. The lowest BCUT2D eigenvalue weighted by Gasteiger charge is -2.17. The van der Waals surface area contributed by atoms with Crippen LogP contribution in [0, 0.1) is 0 Å². The summed E-state index contributed by atoms with van der Waals surface area (Å²) in [7, 11) is -2.89. The number of rotatable bonds is 3. The number of fused-ring (bicyclic) bond motifs is 1. The molecule has 142 valence electrons. The van der Waals surface area contributed by atoms with Crippen molar-refractivity contribution in [1.29, 1.82) is 0 Å². The van der Waals surface area contributed by atoms with Crippen molar-refractivity contribution in [2.45, 2.75) is 4.90 Å². The van der Waals surface area contributed by atoms with Gasteiger partial charge in [-0.1, -0.05) is 23.2 Å². The highest BCUT2D eigenvalue weighted by atomic mass is 35.5. The van der Waals surface area contributed by atoms with Gasteiger partial charge in [0.1, 0.15) is 10.6 Å². The first-order valence-electron chi connectivity index (χ1n) is 7.18. The van der Waals surface area contributed by atoms with E-state index in [1.165, 1.54) is 43.5 Å². The summed E-state index contributed by atoms with van der Waals surface area (Å²) in [6.07, 6.45) is -0.667. The maximum absolute atomic E-state index is 12.5. The Bertz CT molecular complexity index is 1020. The molecule has 2 N–H and O–H groups in total. The number of benzene rings is 2. The fourth-order valence-corrected chi connectivity index (χ4v) is 4.13. The smallest absolute Gasteiger partial charge is 0.412 e. The van der Waals surface area contributed by atoms with Gasteiger partial charge in [0.25, 0.3) is 0 Å². The predicted molar refractivity (Wildman–Crippen MR) is 105 cm³/mol. The van der Waals surface area contributed by atoms with Crippen molar-refractivity contribution in [2.75, 3.05) is 11.8 Å². The molecule has 0 bridgehead atoms. The van der Waals surface area contributed by atoms with Gasteiger partial charge in [0, 0.05) is 34.1 Å². The van der Waals surface area contributed by atoms with E-state index in [9.17, 15) is 13.2 Å². The number of amides is 1. The zero-order chi connectivity index (χ0) is 19.6. The highest BCUT2D eigenvalue weighted by Crippen LogP contribution is 2.35. The van der Waals surface area contributed by atoms with Crippen LogP contribution in [0.5, 0.6) is 5.75 Å². The van der Waals surface area contributed by atoms with Crippen molar-refractivity contribution in [3.05, 3.63) is 46.4 Å². The number of hydrogen-bond acceptors (Lipinski definition) is 8. The van der Waals surface area contributed by atoms with Crippen LogP contribution in [0.2, 0.25) is 10.0 Å². The molecule has 0 fully saturated rings. The van der Waals surface area contributed by atoms with E-state index < -0.39 is 16.2 Å². The van der Waals surface area contributed by atoms with Crippen molar-refractivity contribution in [2.24, 2.45) is 4.99 Å². The summed E-state index contributed by atoms with van der Waals surface area (Å²) in [6, 6.07) is 8.31. The highest BCUT2D eigenvalue weighted by molar-refractivity contribution is 8.15. The van der Waals surface area contributed by atoms with Crippen LogP contribution in [0.1, 0.15) is 0 Å². The molecular weight excluding hydrogens is 437 g/mol. The number of ether oxygens (including phenoxy) is 1. The number of aliphatic imine (C=N–C) groups is 1. The van der Waals surface area contributed by atoms with Crippen molar-refractivity contribution in [3.63, 3.8) is 0 Å². The molecule has 1 amide bonds. The summed E-state index contributed by atoms with van der Waals surface area (Å²) in [4.78, 5) is 15.3. The van der Waals surface area contributed by atoms with Gasteiger partial charge in [-0.2, -0.15) is 8.42 Å². The van der Waals surface area contributed by atoms with Crippen LogP contribution in [-0.2, 0) is 14.9 Å². The van der Waals surface area contributed by atoms with E-state index in [2.05, 4.69) is 19.8 Å². The lowest BCUT2D eigenvalue weighted by molar-refractivity contribution is 0.177. The number of hydrogen-bond donors (Lipinski definition) is 2. The molecule has 1 heterocycles. The molecule has 27 heavy (non-hydrogen) atoms. The van der Waals surface area contributed by atoms with Crippen LogP contribution in [0.25, 0.3) is 0 Å². The summed E-state index contributed by atoms with van der Waals surface area (Å²) in [5.74, 6) is -0.00450. The van der Waals surface area contributed by atoms with Gasteiger partial charge >= 0.3 is 16.2 Å². The minimum atomic E-state index is -4.12. The quantitative estimate of drug-likeness (QED) is 0.536. The van der Waals surface area contributed by atoms with Gasteiger partial charge in [0.05, 0.1) is 18.5 Å². The third-order valence-corrected chi connectivity index (χ3v) is 5.56. The second-order valence-electron chi connectivity index (χ2n) is 5.06. The van der Waals surface area contributed by atoms with Crippen molar-refractivity contribution in [3.8, 4) is 5.75 Å². The molecule has 3 rings (SSSR count). The molecule has 0 atom stereocenters. The molecule has 0 saturated carbocycles. The number of methoxy groups -OCH3 is 1. The summed E-state index contributed by atoms with van der Waals surface area (Å²) in [6.45, 7) is 0. The molecule has 2 aromatic rings. The molecule has 2 aromatic carbocycles. The average molecular weight is 448 g/mol. The summed E-state index contributed by atoms with van der Waals surface area (Å²) < 4.78 is 37.5. The number of nitrogens with one attached hydrogen (secondary N) is 2. The molecule has 0 spiro atoms. The number of carbonyl (C=O) groups is 1. The summed E-state index contributed by atoms with van der Waals surface area (Å²) >= 11 is 12.7. The second kappa shape index (κ2) is 7.85. The zero-order valence-corrected chi connectivity index (χ0v) is 16.7. The third kappa shape index (κ3) is 4.78. The Hall–Kier alpha value is -2.14. The van der Waals surface area contributed by atoms with Gasteiger partial charge in [-0.15, -0.1) is 0 Å². The largest absolute Gasteiger partial charge is 0.453 e. The average Bonchev–Trinajstić information content (AvgIpc) is 2.59. The fraction of sp³-hybridized carbons (Fsp3) is 0.0667. The van der Waals surface area contributed by atoms with Gasteiger partial charge in [0.2, 0.25) is 0 Å². The molecule has 0 saturated heterocycles. The number of alkyl carbamates (subject to hydrolysis) is 1. The molecule has 1 aliphatic rings. The Morgan fingerprint density at radius 1 is 1.19 bits per heavy atom. The van der Waals surface area contributed by atoms with Gasteiger partial charge in [-0.25, -0.2) is 9.79 Å². The Morgan fingerprint density at radius 3 is 2.56 bits per heavy atom. The van der Waals surface area contributed by atoms with E-state index in [0.717, 1.165) is 11.9 Å². The first kappa shape index (κ1) is 19.6. The number of amidine groups is 1. The fourth-order valence-electron chi connectivity index (χ4n) is 2.03. The highest BCUT2D eigenvalue weighted by Gasteiger charge is 2.22. The molecular formula is C15H11Cl2N3O5S2. The Labute approximate surface area is 169 Å². The van der Waals surface area contributed by atoms with Crippen molar-refractivity contribution >= 4 is 67.9 Å². The van der Waals surface area contributed by atoms with E-state index >= 15 is 0 Å². The second-order valence-corrected chi connectivity index (χ2v) is 8.27. The normalized spacial score (nSPS) is 13.1. The van der Waals surface area contributed by atoms with Crippen LogP contribution in [-0.4, -0.2) is 26.8 Å². The van der Waals surface area contributed by atoms with E-state index in [4.69, 9.17) is 27.4 Å². The minimum absolute atomic E-state index is 0.00450. The molecule has 8 nitrogen and oxygen atoms in total. The Kier molecular flexibility index (Phi) is 5.70. The van der Waals surface area contributed by atoms with Crippen LogP contribution < -0.4 is 14.2 Å². The topological polar surface area (TPSA) is 106 Å². The first-order chi connectivity index (χ1) is 12.8. The Morgan fingerprint density at radius 2 is 1.89 bits per heavy atom. The van der Waals surface area contributed by atoms with Crippen LogP contribution in [0.3, 0.4) is 0 Å². The van der Waals surface area contributed by atoms with Crippen molar-refractivity contribution in [1.82, 2.24) is 5.32 Å². The van der Waals surface area contributed by atoms with Gasteiger partial charge in [-0.05, 0) is 24.3 Å². The standard InChI is InChI=1S/C15H11Cl2N3O5S2/c1-24-15(21)19-14-18-12-3-2-11(7-13(12)20-26-14)27(22,23)25-10-5-8(16)4-9(17)6-10/h2-7,20H,1H3,(H,18,19,21). The third-order valence-electron chi connectivity index (χ3n) is 3.17. The minimum Gasteiger partial charge on any atom is -0.453 e. The predicted octanol–water partition coefficient (Wildman–Crippen LogP) is 4.18. The SMILES string of the molecule is COC(=O)NC1=Nc2ccc(S(=O)(=O)Oc3cc(Cl)cc(Cl)c3)cc2NS1. The van der Waals surface area contributed by atoms with E-state index in [1.807, 2.05) is 0 Å². The van der Waals surface area contributed by atoms with Crippen LogP contribution >= 0.6 is 35.1 Å². The zero-order valence-electron chi connectivity index (χ0n) is 13.5. The number of halogens is 2. The maximum Gasteiger partial charge on any atom is 0.412 e. The van der Waals surface area contributed by atoms with Crippen LogP contribution in [0.15, 0.2) is 46.3 Å². The summed E-state index contributed by atoms with van der Waals surface area (Å²) in [5, 5.41) is 3.17. The molecule has 1 aliphatic heterocycles. The number of carbonyl (C=O) groups excluding carboxylic acids is 1. The van der Waals surface area contributed by atoms with E-state index in [1.54, 1.807) is 0 Å². The number of nitrogens with zero attached hydrogens (tertiary/aromatic N) is 1. The Balaban J connectivity index is 1.85. The molecule has 0 radical (unpaired) electrons. The lowest BCUT2D eigenvalue weighted by Crippen LogP contribution is -2.29. The van der Waals surface area contributed by atoms with Crippen LogP contribution in [0.4, 0.5) is 16.2 Å². The van der Waals surface area contributed by atoms with E-state index in [-0.39, 0.29) is 25.9 Å². The van der Waals surface area contributed by atoms with E-state index in [0.29, 0.717) is 11.4 Å². The summed E-state index contributed by atoms with van der Waals surface area (Å²) in [5.41, 5.74) is 0.870. The maximum atomic E-state index is 12.5. The molecule has 0 unspecified atom stereocenters.